The van der Waals surface area contributed by atoms with Crippen LogP contribution in [-0.4, -0.2) is 11.1 Å². The average molecular weight is 226 g/mol. The third-order valence-electron chi connectivity index (χ3n) is 4.35. The Bertz CT molecular complexity index is 225. The predicted molar refractivity (Wildman–Crippen MR) is 66.5 cm³/mol. The Labute approximate surface area is 99.4 Å². The van der Waals surface area contributed by atoms with Gasteiger partial charge in [0.2, 0.25) is 0 Å². The van der Waals surface area contributed by atoms with Crippen LogP contribution in [0.2, 0.25) is 0 Å². The average Bonchev–Trinajstić information content (AvgIpc) is 2.48. The number of carboxylic acids is 1. The summed E-state index contributed by atoms with van der Waals surface area (Å²) in [6, 6.07) is 0. The minimum Gasteiger partial charge on any atom is -0.481 e. The third kappa shape index (κ3) is 2.78. The van der Waals surface area contributed by atoms with Gasteiger partial charge < -0.3 is 5.11 Å². The molecule has 0 aromatic heterocycles. The highest BCUT2D eigenvalue weighted by atomic mass is 16.4. The van der Waals surface area contributed by atoms with E-state index in [9.17, 15) is 9.90 Å². The number of aliphatic carboxylic acids is 1. The van der Waals surface area contributed by atoms with Gasteiger partial charge in [-0.05, 0) is 25.2 Å². The molecular weight excluding hydrogens is 200 g/mol. The van der Waals surface area contributed by atoms with Crippen molar-refractivity contribution in [3.05, 3.63) is 0 Å². The molecule has 0 amide bonds. The highest BCUT2D eigenvalue weighted by Gasteiger charge is 2.44. The smallest absolute Gasteiger partial charge is 0.309 e. The van der Waals surface area contributed by atoms with Crippen LogP contribution in [0.15, 0.2) is 0 Å². The van der Waals surface area contributed by atoms with Gasteiger partial charge in [-0.3, -0.25) is 4.79 Å². The van der Waals surface area contributed by atoms with Crippen LogP contribution in [0.3, 0.4) is 0 Å². The van der Waals surface area contributed by atoms with Crippen LogP contribution < -0.4 is 0 Å². The second-order valence-corrected chi connectivity index (χ2v) is 5.27. The van der Waals surface area contributed by atoms with E-state index in [0.29, 0.717) is 5.92 Å². The minimum absolute atomic E-state index is 0.402. The summed E-state index contributed by atoms with van der Waals surface area (Å²) in [6.45, 7) is 4.30. The normalized spacial score (nSPS) is 31.0. The summed E-state index contributed by atoms with van der Waals surface area (Å²) in [6.07, 6.45) is 9.64. The van der Waals surface area contributed by atoms with E-state index in [-0.39, 0.29) is 0 Å². The quantitative estimate of drug-likeness (QED) is 0.712. The van der Waals surface area contributed by atoms with Crippen molar-refractivity contribution < 1.29 is 9.90 Å². The number of carbonyl (C=O) groups is 1. The maximum Gasteiger partial charge on any atom is 0.309 e. The molecule has 0 saturated heterocycles. The van der Waals surface area contributed by atoms with Gasteiger partial charge in [-0.15, -0.1) is 0 Å². The molecule has 0 bridgehead atoms. The van der Waals surface area contributed by atoms with Crippen LogP contribution >= 0.6 is 0 Å². The van der Waals surface area contributed by atoms with E-state index >= 15 is 0 Å². The fourth-order valence-electron chi connectivity index (χ4n) is 3.29. The van der Waals surface area contributed by atoms with Crippen molar-refractivity contribution in [2.75, 3.05) is 0 Å². The molecule has 2 atom stereocenters. The first-order valence-electron chi connectivity index (χ1n) is 6.90. The fraction of sp³-hybridized carbons (Fsp3) is 0.929. The van der Waals surface area contributed by atoms with Gasteiger partial charge in [-0.2, -0.15) is 0 Å². The largest absolute Gasteiger partial charge is 0.481 e. The van der Waals surface area contributed by atoms with Gasteiger partial charge in [-0.1, -0.05) is 52.4 Å². The van der Waals surface area contributed by atoms with Crippen molar-refractivity contribution in [2.24, 2.45) is 11.3 Å². The Kier molecular flexibility index (Phi) is 5.30. The van der Waals surface area contributed by atoms with Gasteiger partial charge in [0.1, 0.15) is 0 Å². The summed E-state index contributed by atoms with van der Waals surface area (Å²) in [7, 11) is 0. The highest BCUT2D eigenvalue weighted by Crippen LogP contribution is 2.45. The zero-order chi connectivity index (χ0) is 12.0. The molecule has 0 aliphatic heterocycles. The van der Waals surface area contributed by atoms with E-state index in [1.165, 1.54) is 12.8 Å². The molecule has 0 aromatic rings. The van der Waals surface area contributed by atoms with Crippen molar-refractivity contribution in [3.63, 3.8) is 0 Å². The standard InChI is InChI=1S/C14H26O2/c1-3-5-10-14(13(15)16)11-8-6-7-9-12(14)4-2/h12H,3-11H2,1-2H3,(H,15,16). The summed E-state index contributed by atoms with van der Waals surface area (Å²) in [5, 5.41) is 9.64. The molecule has 2 heteroatoms. The predicted octanol–water partition coefficient (Wildman–Crippen LogP) is 4.24. The number of hydrogen-bond acceptors (Lipinski definition) is 1. The first-order chi connectivity index (χ1) is 7.67. The molecule has 0 heterocycles. The molecule has 2 nitrogen and oxygen atoms in total. The van der Waals surface area contributed by atoms with E-state index in [1.807, 2.05) is 0 Å². The zero-order valence-electron chi connectivity index (χ0n) is 10.8. The van der Waals surface area contributed by atoms with Crippen LogP contribution in [0.25, 0.3) is 0 Å². The van der Waals surface area contributed by atoms with Crippen LogP contribution in [0.1, 0.15) is 71.6 Å². The molecule has 1 saturated carbocycles. The first kappa shape index (κ1) is 13.5. The Balaban J connectivity index is 2.86. The molecule has 16 heavy (non-hydrogen) atoms. The number of unbranched alkanes of at least 4 members (excludes halogenated alkanes) is 1. The van der Waals surface area contributed by atoms with Crippen LogP contribution in [0.4, 0.5) is 0 Å². The number of rotatable bonds is 5. The number of hydrogen-bond donors (Lipinski definition) is 1. The van der Waals surface area contributed by atoms with Gasteiger partial charge >= 0.3 is 5.97 Å². The molecule has 0 spiro atoms. The van der Waals surface area contributed by atoms with E-state index in [4.69, 9.17) is 0 Å². The van der Waals surface area contributed by atoms with Crippen molar-refractivity contribution in [1.29, 1.82) is 0 Å². The maximum absolute atomic E-state index is 11.7. The second-order valence-electron chi connectivity index (χ2n) is 5.27. The van der Waals surface area contributed by atoms with Gasteiger partial charge in [0.05, 0.1) is 5.41 Å². The van der Waals surface area contributed by atoms with Gasteiger partial charge in [0.25, 0.3) is 0 Å². The fourth-order valence-corrected chi connectivity index (χ4v) is 3.29. The maximum atomic E-state index is 11.7. The summed E-state index contributed by atoms with van der Waals surface area (Å²) in [5.41, 5.74) is -0.402. The van der Waals surface area contributed by atoms with Crippen molar-refractivity contribution in [1.82, 2.24) is 0 Å². The molecule has 1 aliphatic carbocycles. The van der Waals surface area contributed by atoms with Gasteiger partial charge in [0, 0.05) is 0 Å². The Morgan fingerprint density at radius 3 is 2.62 bits per heavy atom. The second kappa shape index (κ2) is 6.27. The first-order valence-corrected chi connectivity index (χ1v) is 6.90. The van der Waals surface area contributed by atoms with E-state index in [0.717, 1.165) is 44.9 Å². The summed E-state index contributed by atoms with van der Waals surface area (Å²) >= 11 is 0. The third-order valence-corrected chi connectivity index (χ3v) is 4.35. The molecule has 1 rings (SSSR count). The highest BCUT2D eigenvalue weighted by molar-refractivity contribution is 5.75. The molecule has 1 aliphatic rings. The lowest BCUT2D eigenvalue weighted by molar-refractivity contribution is -0.154. The molecule has 0 radical (unpaired) electrons. The summed E-state index contributed by atoms with van der Waals surface area (Å²) < 4.78 is 0. The lowest BCUT2D eigenvalue weighted by Gasteiger charge is -2.35. The molecule has 94 valence electrons. The monoisotopic (exact) mass is 226 g/mol. The zero-order valence-corrected chi connectivity index (χ0v) is 10.8. The van der Waals surface area contributed by atoms with Crippen molar-refractivity contribution >= 4 is 5.97 Å². The van der Waals surface area contributed by atoms with E-state index in [1.54, 1.807) is 0 Å². The molecule has 1 fully saturated rings. The molecule has 0 aromatic carbocycles. The molecular formula is C14H26O2. The summed E-state index contributed by atoms with van der Waals surface area (Å²) in [5.74, 6) is -0.131. The SMILES string of the molecule is CCCCC1(C(=O)O)CCCCCC1CC. The van der Waals surface area contributed by atoms with Crippen molar-refractivity contribution in [3.8, 4) is 0 Å². The minimum atomic E-state index is -0.533. The van der Waals surface area contributed by atoms with Crippen LogP contribution in [0.5, 0.6) is 0 Å². The molecule has 2 unspecified atom stereocenters. The van der Waals surface area contributed by atoms with Crippen molar-refractivity contribution in [2.45, 2.75) is 71.6 Å². The Hall–Kier alpha value is -0.530. The van der Waals surface area contributed by atoms with E-state index in [2.05, 4.69) is 13.8 Å². The topological polar surface area (TPSA) is 37.3 Å². The van der Waals surface area contributed by atoms with Gasteiger partial charge in [-0.25, -0.2) is 0 Å². The Morgan fingerprint density at radius 2 is 2.06 bits per heavy atom. The molecule has 1 N–H and O–H groups in total. The van der Waals surface area contributed by atoms with E-state index < -0.39 is 11.4 Å². The van der Waals surface area contributed by atoms with Crippen LogP contribution in [-0.2, 0) is 4.79 Å². The van der Waals surface area contributed by atoms with Gasteiger partial charge in [0.15, 0.2) is 0 Å². The lowest BCUT2D eigenvalue weighted by Crippen LogP contribution is -2.38. The number of carboxylic acid groups (broad SMARTS) is 1. The lowest BCUT2D eigenvalue weighted by atomic mass is 9.68. The summed E-state index contributed by atoms with van der Waals surface area (Å²) in [4.78, 5) is 11.7. The van der Waals surface area contributed by atoms with Crippen LogP contribution in [0, 0.1) is 11.3 Å². The Morgan fingerprint density at radius 1 is 1.31 bits per heavy atom.